The predicted octanol–water partition coefficient (Wildman–Crippen LogP) is 5.86. The average molecular weight is 321 g/mol. The first kappa shape index (κ1) is 16.8. The van der Waals surface area contributed by atoms with Crippen LogP contribution in [0.1, 0.15) is 20.8 Å². The summed E-state index contributed by atoms with van der Waals surface area (Å²) in [6.45, 7) is 6.38. The number of aromatic nitrogens is 1. The van der Waals surface area contributed by atoms with Crippen LogP contribution < -0.4 is 4.74 Å². The Balaban J connectivity index is 0.000000246. The fraction of sp³-hybridized carbons (Fsp3) is 0.364. The van der Waals surface area contributed by atoms with Crippen molar-refractivity contribution in [2.75, 3.05) is 0 Å². The number of benzene rings is 1. The Morgan fingerprint density at radius 2 is 1.40 bits per heavy atom. The minimum absolute atomic E-state index is 0.00308. The van der Waals surface area contributed by atoms with Gasteiger partial charge in [0.2, 0.25) is 5.54 Å². The summed E-state index contributed by atoms with van der Waals surface area (Å²) in [5, 5.41) is 1.15. The van der Waals surface area contributed by atoms with Crippen LogP contribution in [0.2, 0.25) is 0 Å². The molecule has 1 aromatic carbocycles. The monoisotopic (exact) mass is 321 g/mol. The molecule has 116 valence electrons. The number of rotatable bonds is 0. The van der Waals surface area contributed by atoms with Gasteiger partial charge in [-0.2, -0.15) is 0 Å². The van der Waals surface area contributed by atoms with Crippen LogP contribution in [0.15, 0.2) is 35.1 Å². The topological polar surface area (TPSA) is 17.0 Å². The van der Waals surface area contributed by atoms with E-state index in [0.29, 0.717) is 0 Å². The molecule has 0 aliphatic heterocycles. The van der Waals surface area contributed by atoms with E-state index < -0.39 is 7.81 Å². The van der Waals surface area contributed by atoms with Crippen LogP contribution in [0, 0.1) is 0 Å². The van der Waals surface area contributed by atoms with Gasteiger partial charge in [0.1, 0.15) is 0 Å². The average Bonchev–Trinajstić information content (AvgIpc) is 2.54. The first-order chi connectivity index (χ1) is 8.54. The summed E-state index contributed by atoms with van der Waals surface area (Å²) in [5.41, 5.74) is 1.15. The van der Waals surface area contributed by atoms with Crippen molar-refractivity contribution in [1.82, 2.24) is 0 Å². The van der Waals surface area contributed by atoms with Gasteiger partial charge < -0.3 is 0 Å². The van der Waals surface area contributed by atoms with Crippen molar-refractivity contribution in [3.63, 3.8) is 0 Å². The second-order valence-corrected chi connectivity index (χ2v) is 7.12. The fourth-order valence-corrected chi connectivity index (χ4v) is 1.46. The molecule has 0 saturated heterocycles. The Morgan fingerprint density at radius 1 is 0.950 bits per heavy atom. The molecule has 0 spiro atoms. The normalized spacial score (nSPS) is 16.1. The predicted molar refractivity (Wildman–Crippen MR) is 65.0 cm³/mol. The second-order valence-electron chi connectivity index (χ2n) is 5.21. The molecule has 1 aromatic heterocycles. The quantitative estimate of drug-likeness (QED) is 0.337. The molecule has 0 fully saturated rings. The molecule has 0 unspecified atom stereocenters. The van der Waals surface area contributed by atoms with E-state index in [2.05, 4.69) is 32.9 Å². The van der Waals surface area contributed by atoms with E-state index in [1.54, 1.807) is 6.26 Å². The molecule has 2 aromatic rings. The Kier molecular flexibility index (Phi) is 3.43. The molecule has 0 aliphatic rings. The zero-order valence-corrected chi connectivity index (χ0v) is 11.9. The van der Waals surface area contributed by atoms with E-state index in [0.717, 1.165) is 10.9 Å². The molecule has 2 rings (SSSR count). The molecule has 0 radical (unpaired) electrons. The number of hydrogen-bond donors (Lipinski definition) is 0. The molecule has 20 heavy (non-hydrogen) atoms. The number of hydrogen-bond acceptors (Lipinski definition) is 1. The van der Waals surface area contributed by atoms with Crippen LogP contribution >= 0.6 is 7.81 Å². The van der Waals surface area contributed by atoms with Crippen LogP contribution in [-0.2, 0) is 5.54 Å². The van der Waals surface area contributed by atoms with Crippen molar-refractivity contribution in [3.8, 4) is 0 Å². The summed E-state index contributed by atoms with van der Waals surface area (Å²) in [6, 6.07) is 8.18. The zero-order chi connectivity index (χ0) is 15.9. The van der Waals surface area contributed by atoms with Crippen molar-refractivity contribution in [2.24, 2.45) is 0 Å². The van der Waals surface area contributed by atoms with E-state index in [4.69, 9.17) is 4.52 Å². The van der Waals surface area contributed by atoms with Crippen LogP contribution in [0.4, 0.5) is 25.2 Å². The third-order valence-corrected chi connectivity index (χ3v) is 2.05. The standard InChI is InChI=1S/C11H14NO.F6P/c1-11(2,3)12-10-7-5-4-6-9(10)8-13-12;1-7(2,3,4,5)6/h4-8H,1-3H3;/q+1;-1. The summed E-state index contributed by atoms with van der Waals surface area (Å²) in [6.07, 6.45) is 1.79. The van der Waals surface area contributed by atoms with E-state index in [9.17, 15) is 25.2 Å². The third-order valence-electron chi connectivity index (χ3n) is 2.05. The van der Waals surface area contributed by atoms with Gasteiger partial charge in [-0.15, -0.1) is 0 Å². The van der Waals surface area contributed by atoms with Gasteiger partial charge in [0.05, 0.1) is 5.39 Å². The first-order valence-electron chi connectivity index (χ1n) is 5.50. The Morgan fingerprint density at radius 3 is 1.85 bits per heavy atom. The molecule has 0 bridgehead atoms. The molecule has 1 heterocycles. The summed E-state index contributed by atoms with van der Waals surface area (Å²) < 4.78 is 66.6. The van der Waals surface area contributed by atoms with Gasteiger partial charge in [-0.1, -0.05) is 12.1 Å². The zero-order valence-electron chi connectivity index (χ0n) is 11.0. The molecule has 2 nitrogen and oxygen atoms in total. The SMILES string of the molecule is CC(C)(C)[n+]1occ2ccccc21.F[P-](F)(F)(F)(F)F. The molecular formula is C11H14F6NOP. The number of nitrogens with zero attached hydrogens (tertiary/aromatic N) is 1. The van der Waals surface area contributed by atoms with Gasteiger partial charge in [0.25, 0.3) is 5.52 Å². The molecule has 0 atom stereocenters. The van der Waals surface area contributed by atoms with Crippen molar-refractivity contribution in [3.05, 3.63) is 30.5 Å². The van der Waals surface area contributed by atoms with E-state index >= 15 is 0 Å². The van der Waals surface area contributed by atoms with Crippen molar-refractivity contribution in [1.29, 1.82) is 0 Å². The van der Waals surface area contributed by atoms with Crippen molar-refractivity contribution < 1.29 is 34.4 Å². The Bertz CT molecular complexity index is 599. The van der Waals surface area contributed by atoms with Gasteiger partial charge in [0, 0.05) is 26.8 Å². The maximum absolute atomic E-state index is 10.7. The first-order valence-corrected chi connectivity index (χ1v) is 7.52. The number of halogens is 6. The van der Waals surface area contributed by atoms with Crippen LogP contribution in [0.5, 0.6) is 0 Å². The van der Waals surface area contributed by atoms with Gasteiger partial charge in [-0.05, 0) is 10.8 Å². The summed E-state index contributed by atoms with van der Waals surface area (Å²) in [4.78, 5) is 0. The van der Waals surface area contributed by atoms with E-state index in [1.165, 1.54) is 0 Å². The Labute approximate surface area is 111 Å². The van der Waals surface area contributed by atoms with Gasteiger partial charge in [-0.25, -0.2) is 4.52 Å². The van der Waals surface area contributed by atoms with Crippen LogP contribution in [0.3, 0.4) is 0 Å². The molecular weight excluding hydrogens is 307 g/mol. The van der Waals surface area contributed by atoms with E-state index in [-0.39, 0.29) is 5.54 Å². The number of fused-ring (bicyclic) bond motifs is 1. The maximum atomic E-state index is 9.87. The molecule has 0 saturated carbocycles. The summed E-state index contributed by atoms with van der Waals surface area (Å²) >= 11 is 0. The van der Waals surface area contributed by atoms with Crippen molar-refractivity contribution in [2.45, 2.75) is 26.3 Å². The van der Waals surface area contributed by atoms with Crippen LogP contribution in [-0.4, -0.2) is 0 Å². The van der Waals surface area contributed by atoms with Gasteiger partial charge >= 0.3 is 33.0 Å². The Hall–Kier alpha value is -1.30. The fourth-order valence-electron chi connectivity index (χ4n) is 1.46. The van der Waals surface area contributed by atoms with E-state index in [1.807, 2.05) is 16.9 Å². The summed E-state index contributed by atoms with van der Waals surface area (Å²) in [7, 11) is -10.7. The summed E-state index contributed by atoms with van der Waals surface area (Å²) in [5.74, 6) is 0. The minimum atomic E-state index is -10.7. The second kappa shape index (κ2) is 4.10. The molecule has 0 aliphatic carbocycles. The third kappa shape index (κ3) is 6.75. The molecule has 9 heteroatoms. The van der Waals surface area contributed by atoms with Gasteiger partial charge in [0.15, 0.2) is 6.26 Å². The van der Waals surface area contributed by atoms with Crippen molar-refractivity contribution >= 4 is 18.7 Å². The number of para-hydroxylation sites is 1. The molecule has 0 N–H and O–H groups in total. The van der Waals surface area contributed by atoms with Crippen LogP contribution in [0.25, 0.3) is 10.9 Å². The van der Waals surface area contributed by atoms with Gasteiger partial charge in [-0.3, -0.25) is 0 Å². The molecule has 0 amide bonds.